The first-order valence-corrected chi connectivity index (χ1v) is 17.0. The lowest BCUT2D eigenvalue weighted by Crippen LogP contribution is -2.23. The van der Waals surface area contributed by atoms with Gasteiger partial charge < -0.3 is 4.57 Å². The summed E-state index contributed by atoms with van der Waals surface area (Å²) in [4.78, 5) is 0. The van der Waals surface area contributed by atoms with Gasteiger partial charge in [0, 0.05) is 10.6 Å². The third-order valence-electron chi connectivity index (χ3n) is 8.83. The fourth-order valence-corrected chi connectivity index (χ4v) is 10.0. The molecular weight excluding hydrogens is 539 g/mol. The maximum absolute atomic E-state index is 16.2. The first-order valence-electron chi connectivity index (χ1n) is 15.2. The Balaban J connectivity index is 1.48. The van der Waals surface area contributed by atoms with Crippen molar-refractivity contribution >= 4 is 17.8 Å². The molecule has 0 aliphatic heterocycles. The largest absolute Gasteiger partial charge is 0.313 e. The van der Waals surface area contributed by atoms with Gasteiger partial charge in [-0.05, 0) is 70.2 Å². The fourth-order valence-electron chi connectivity index (χ4n) is 6.72. The summed E-state index contributed by atoms with van der Waals surface area (Å²) in [5, 5.41) is 1.78. The molecule has 43 heavy (non-hydrogen) atoms. The highest BCUT2D eigenvalue weighted by Gasteiger charge is 2.40. The Morgan fingerprint density at radius 1 is 0.535 bits per heavy atom. The van der Waals surface area contributed by atoms with Gasteiger partial charge in [-0.1, -0.05) is 158 Å². The van der Waals surface area contributed by atoms with E-state index in [9.17, 15) is 0 Å². The van der Waals surface area contributed by atoms with E-state index in [4.69, 9.17) is 0 Å². The van der Waals surface area contributed by atoms with Crippen LogP contribution in [0.2, 0.25) is 0 Å². The van der Waals surface area contributed by atoms with Gasteiger partial charge in [0.2, 0.25) is 0 Å². The van der Waals surface area contributed by atoms with E-state index in [-0.39, 0.29) is 5.66 Å². The Morgan fingerprint density at radius 2 is 1.02 bits per heavy atom. The molecule has 6 aromatic carbocycles. The average Bonchev–Trinajstić information content (AvgIpc) is 3.54. The minimum absolute atomic E-state index is 0.343. The molecule has 1 aliphatic rings. The van der Waals surface area contributed by atoms with E-state index >= 15 is 4.57 Å². The minimum Gasteiger partial charge on any atom is -0.313 e. The van der Waals surface area contributed by atoms with Gasteiger partial charge in [0.15, 0.2) is 7.14 Å². The zero-order valence-corrected chi connectivity index (χ0v) is 25.2. The van der Waals surface area contributed by atoms with E-state index in [1.165, 1.54) is 39.8 Å². The molecular formula is C41H35OP. The van der Waals surface area contributed by atoms with Crippen LogP contribution in [0.5, 0.6) is 0 Å². The molecule has 0 radical (unpaired) electrons. The zero-order chi connectivity index (χ0) is 29.1. The molecule has 1 nitrogen and oxygen atoms in total. The van der Waals surface area contributed by atoms with Crippen molar-refractivity contribution < 1.29 is 4.57 Å². The number of hydrogen-bond donors (Lipinski definition) is 0. The summed E-state index contributed by atoms with van der Waals surface area (Å²) in [6.07, 6.45) is 4.21. The van der Waals surface area contributed by atoms with Gasteiger partial charge in [-0.15, -0.1) is 0 Å². The molecule has 0 saturated heterocycles. The summed E-state index contributed by atoms with van der Waals surface area (Å²) in [5.41, 5.74) is 9.61. The molecule has 0 aromatic heterocycles. The van der Waals surface area contributed by atoms with Crippen molar-refractivity contribution in [3.05, 3.63) is 191 Å². The molecule has 6 aromatic rings. The molecule has 1 aliphatic carbocycles. The Kier molecular flexibility index (Phi) is 7.67. The molecule has 0 N–H and O–H groups in total. The molecule has 0 saturated carbocycles. The van der Waals surface area contributed by atoms with Gasteiger partial charge >= 0.3 is 0 Å². The van der Waals surface area contributed by atoms with E-state index in [2.05, 4.69) is 121 Å². The summed E-state index contributed by atoms with van der Waals surface area (Å²) >= 11 is 0. The summed E-state index contributed by atoms with van der Waals surface area (Å²) in [5.74, 6) is 0. The van der Waals surface area contributed by atoms with Crippen molar-refractivity contribution in [2.24, 2.45) is 0 Å². The third kappa shape index (κ3) is 5.42. The standard InChI is InChI=1S/C41H35OP/c42-43(37-20-9-3-10-21-37,38-22-11-4-12-23-38)41(34-26-24-32(25-27-34)28-31-14-5-1-6-15-31)40-30-36-19-13-18-35(36)29-39(40)33-16-7-2-8-17-33/h1-12,14-17,20-27,29-30,41H,13,18-19,28H2. The van der Waals surface area contributed by atoms with Crippen LogP contribution in [0.3, 0.4) is 0 Å². The lowest BCUT2D eigenvalue weighted by Gasteiger charge is -2.32. The zero-order valence-electron chi connectivity index (χ0n) is 24.3. The maximum Gasteiger partial charge on any atom is 0.154 e. The number of benzene rings is 6. The number of aryl methyl sites for hydroxylation is 2. The molecule has 1 atom stereocenters. The summed E-state index contributed by atoms with van der Waals surface area (Å²) in [7, 11) is -3.23. The monoisotopic (exact) mass is 574 g/mol. The van der Waals surface area contributed by atoms with Crippen molar-refractivity contribution in [2.75, 3.05) is 0 Å². The summed E-state index contributed by atoms with van der Waals surface area (Å²) < 4.78 is 16.2. The average molecular weight is 575 g/mol. The van der Waals surface area contributed by atoms with E-state index in [0.29, 0.717) is 0 Å². The summed E-state index contributed by atoms with van der Waals surface area (Å²) in [6, 6.07) is 55.3. The third-order valence-corrected chi connectivity index (χ3v) is 12.3. The molecule has 210 valence electrons. The first-order chi connectivity index (χ1) is 21.2. The van der Waals surface area contributed by atoms with E-state index < -0.39 is 7.14 Å². The molecule has 0 heterocycles. The number of rotatable bonds is 8. The topological polar surface area (TPSA) is 17.1 Å². The lowest BCUT2D eigenvalue weighted by molar-refractivity contribution is 0.582. The van der Waals surface area contributed by atoms with Gasteiger partial charge in [-0.3, -0.25) is 0 Å². The highest BCUT2D eigenvalue weighted by molar-refractivity contribution is 7.79. The Bertz CT molecular complexity index is 1820. The summed E-state index contributed by atoms with van der Waals surface area (Å²) in [6.45, 7) is 0. The minimum atomic E-state index is -3.23. The van der Waals surface area contributed by atoms with Crippen molar-refractivity contribution in [3.63, 3.8) is 0 Å². The van der Waals surface area contributed by atoms with Gasteiger partial charge in [0.05, 0.1) is 5.66 Å². The molecule has 0 bridgehead atoms. The molecule has 7 rings (SSSR count). The SMILES string of the molecule is O=P(c1ccccc1)(c1ccccc1)C(c1ccc(Cc2ccccc2)cc1)c1cc2c(cc1-c1ccccc1)CCC2. The van der Waals surface area contributed by atoms with Gasteiger partial charge in [-0.25, -0.2) is 0 Å². The van der Waals surface area contributed by atoms with Crippen LogP contribution in [-0.2, 0) is 23.8 Å². The van der Waals surface area contributed by atoms with Crippen LogP contribution in [0.15, 0.2) is 158 Å². The first kappa shape index (κ1) is 27.4. The van der Waals surface area contributed by atoms with Crippen LogP contribution in [0.4, 0.5) is 0 Å². The molecule has 0 fully saturated rings. The molecule has 2 heteroatoms. The Morgan fingerprint density at radius 3 is 1.60 bits per heavy atom. The van der Waals surface area contributed by atoms with Crippen molar-refractivity contribution in [1.82, 2.24) is 0 Å². The molecule has 0 spiro atoms. The van der Waals surface area contributed by atoms with Crippen molar-refractivity contribution in [1.29, 1.82) is 0 Å². The van der Waals surface area contributed by atoms with Crippen LogP contribution < -0.4 is 10.6 Å². The maximum atomic E-state index is 16.2. The predicted molar refractivity (Wildman–Crippen MR) is 181 cm³/mol. The van der Waals surface area contributed by atoms with Crippen molar-refractivity contribution in [2.45, 2.75) is 31.3 Å². The van der Waals surface area contributed by atoms with Crippen LogP contribution in [-0.4, -0.2) is 0 Å². The van der Waals surface area contributed by atoms with E-state index in [1.807, 2.05) is 36.4 Å². The quantitative estimate of drug-likeness (QED) is 0.166. The second-order valence-corrected chi connectivity index (χ2v) is 14.4. The van der Waals surface area contributed by atoms with Gasteiger partial charge in [0.1, 0.15) is 0 Å². The molecule has 0 amide bonds. The second kappa shape index (κ2) is 12.0. The van der Waals surface area contributed by atoms with Gasteiger partial charge in [0.25, 0.3) is 0 Å². The fraction of sp³-hybridized carbons (Fsp3) is 0.122. The van der Waals surface area contributed by atoms with E-state index in [0.717, 1.165) is 41.0 Å². The van der Waals surface area contributed by atoms with Crippen LogP contribution in [0, 0.1) is 0 Å². The molecule has 1 unspecified atom stereocenters. The Labute approximate surface area is 255 Å². The van der Waals surface area contributed by atoms with Gasteiger partial charge in [-0.2, -0.15) is 0 Å². The second-order valence-electron chi connectivity index (χ2n) is 11.6. The van der Waals surface area contributed by atoms with Crippen molar-refractivity contribution in [3.8, 4) is 11.1 Å². The number of fused-ring (bicyclic) bond motifs is 1. The highest BCUT2D eigenvalue weighted by Crippen LogP contribution is 2.62. The smallest absolute Gasteiger partial charge is 0.154 e. The van der Waals surface area contributed by atoms with Crippen LogP contribution >= 0.6 is 7.14 Å². The predicted octanol–water partition coefficient (Wildman–Crippen LogP) is 9.54. The van der Waals surface area contributed by atoms with Crippen LogP contribution in [0.25, 0.3) is 11.1 Å². The normalized spacial score (nSPS) is 13.4. The lowest BCUT2D eigenvalue weighted by atomic mass is 9.90. The highest BCUT2D eigenvalue weighted by atomic mass is 31.2. The Hall–Kier alpha value is -4.45. The van der Waals surface area contributed by atoms with Crippen LogP contribution in [0.1, 0.15) is 45.5 Å². The number of hydrogen-bond acceptors (Lipinski definition) is 1. The van der Waals surface area contributed by atoms with E-state index in [1.54, 1.807) is 0 Å².